The number of hydrogen-bond donors (Lipinski definition) is 3. The Bertz CT molecular complexity index is 1230. The van der Waals surface area contributed by atoms with Crippen molar-refractivity contribution >= 4 is 90.8 Å². The third-order valence-electron chi connectivity index (χ3n) is 4.64. The van der Waals surface area contributed by atoms with Crippen molar-refractivity contribution in [1.82, 2.24) is 25.4 Å². The van der Waals surface area contributed by atoms with E-state index in [0.717, 1.165) is 20.7 Å². The third kappa shape index (κ3) is 4.79. The van der Waals surface area contributed by atoms with Gasteiger partial charge in [-0.25, -0.2) is 9.78 Å². The number of carboxylic acids is 1. The first-order valence-corrected chi connectivity index (χ1v) is 13.8. The number of fused-ring (bicyclic) bond motifs is 1. The number of hydrogen-bond acceptors (Lipinski definition) is 13. The molecular formula is C17H16BrN7O5S4. The van der Waals surface area contributed by atoms with Gasteiger partial charge < -0.3 is 21.0 Å². The van der Waals surface area contributed by atoms with Crippen LogP contribution in [0.4, 0.5) is 5.13 Å². The maximum atomic E-state index is 12.9. The molecule has 4 rings (SSSR count). The Morgan fingerprint density at radius 1 is 1.41 bits per heavy atom. The van der Waals surface area contributed by atoms with Gasteiger partial charge in [-0.05, 0) is 28.4 Å². The number of β-lactam (4-membered cyclic amide) rings is 1. The van der Waals surface area contributed by atoms with Crippen LogP contribution in [0.5, 0.6) is 0 Å². The number of nitrogen functional groups attached to an aromatic ring is 1. The molecule has 34 heavy (non-hydrogen) atoms. The Morgan fingerprint density at radius 3 is 2.76 bits per heavy atom. The van der Waals surface area contributed by atoms with Gasteiger partial charge in [0.25, 0.3) is 11.8 Å². The topological polar surface area (TPSA) is 173 Å². The second-order valence-electron chi connectivity index (χ2n) is 6.79. The summed E-state index contributed by atoms with van der Waals surface area (Å²) >= 11 is 8.56. The van der Waals surface area contributed by atoms with E-state index in [4.69, 9.17) is 10.6 Å². The fourth-order valence-electron chi connectivity index (χ4n) is 3.24. The summed E-state index contributed by atoms with van der Waals surface area (Å²) in [5, 5.41) is 24.6. The van der Waals surface area contributed by atoms with Crippen molar-refractivity contribution in [2.24, 2.45) is 5.16 Å². The van der Waals surface area contributed by atoms with Gasteiger partial charge in [-0.15, -0.1) is 22.0 Å². The smallest absolute Gasteiger partial charge is 0.352 e. The Morgan fingerprint density at radius 2 is 2.18 bits per heavy atom. The number of thioether (sulfide) groups is 2. The van der Waals surface area contributed by atoms with Gasteiger partial charge in [-0.2, -0.15) is 0 Å². The van der Waals surface area contributed by atoms with Crippen LogP contribution in [0.2, 0.25) is 0 Å². The molecule has 0 saturated carbocycles. The van der Waals surface area contributed by atoms with Crippen molar-refractivity contribution in [3.05, 3.63) is 25.8 Å². The minimum atomic E-state index is -1.20. The summed E-state index contributed by atoms with van der Waals surface area (Å²) in [7, 11) is 1.27. The minimum absolute atomic E-state index is 0.0613. The third-order valence-corrected chi connectivity index (χ3v) is 9.57. The molecule has 0 radical (unpaired) electrons. The summed E-state index contributed by atoms with van der Waals surface area (Å²) in [6, 6.07) is -0.927. The zero-order chi connectivity index (χ0) is 24.6. The number of oxime groups is 1. The number of aromatic nitrogens is 3. The van der Waals surface area contributed by atoms with E-state index in [-0.39, 0.29) is 22.2 Å². The Kier molecular flexibility index (Phi) is 7.46. The van der Waals surface area contributed by atoms with Gasteiger partial charge >= 0.3 is 5.97 Å². The number of rotatable bonds is 8. The lowest BCUT2D eigenvalue weighted by molar-refractivity contribution is -0.150. The molecular weight excluding hydrogens is 590 g/mol. The van der Waals surface area contributed by atoms with Crippen LogP contribution in [0, 0.1) is 6.92 Å². The second kappa shape index (κ2) is 10.2. The summed E-state index contributed by atoms with van der Waals surface area (Å²) in [5.74, 6) is -1.66. The van der Waals surface area contributed by atoms with E-state index in [1.54, 1.807) is 0 Å². The fourth-order valence-corrected chi connectivity index (χ4v) is 7.87. The van der Waals surface area contributed by atoms with Crippen LogP contribution in [0.15, 0.2) is 24.6 Å². The van der Waals surface area contributed by atoms with Gasteiger partial charge in [-0.1, -0.05) is 39.6 Å². The van der Waals surface area contributed by atoms with Gasteiger partial charge in [0.15, 0.2) is 15.2 Å². The van der Waals surface area contributed by atoms with E-state index >= 15 is 0 Å². The number of thiazole rings is 1. The molecule has 4 heterocycles. The van der Waals surface area contributed by atoms with Crippen LogP contribution in [0.1, 0.15) is 10.7 Å². The minimum Gasteiger partial charge on any atom is -0.477 e. The molecule has 2 aliphatic rings. The molecule has 0 aliphatic carbocycles. The Hall–Kier alpha value is -2.21. The van der Waals surface area contributed by atoms with Gasteiger partial charge in [-0.3, -0.25) is 14.5 Å². The van der Waals surface area contributed by atoms with Crippen LogP contribution in [0.3, 0.4) is 0 Å². The highest BCUT2D eigenvalue weighted by molar-refractivity contribution is 9.11. The van der Waals surface area contributed by atoms with Crippen molar-refractivity contribution in [2.45, 2.75) is 22.7 Å². The molecule has 1 unspecified atom stereocenters. The van der Waals surface area contributed by atoms with E-state index in [1.807, 2.05) is 6.92 Å². The molecule has 0 bridgehead atoms. The lowest BCUT2D eigenvalue weighted by Crippen LogP contribution is -2.71. The summed E-state index contributed by atoms with van der Waals surface area (Å²) in [6.45, 7) is 1.84. The number of carbonyl (C=O) groups is 3. The van der Waals surface area contributed by atoms with Crippen LogP contribution in [-0.4, -0.2) is 78.7 Å². The summed E-state index contributed by atoms with van der Waals surface area (Å²) < 4.78 is 1.20. The predicted molar refractivity (Wildman–Crippen MR) is 133 cm³/mol. The number of carboxylic acid groups (broad SMARTS) is 1. The maximum absolute atomic E-state index is 12.9. The average Bonchev–Trinajstić information content (AvgIpc) is 3.36. The molecule has 1 saturated heterocycles. The molecule has 180 valence electrons. The zero-order valence-corrected chi connectivity index (χ0v) is 22.3. The standard InChI is InChI=1S/C17H16BrN7O5S4/c1-5-22-23-17(33-5)32-4-6-3-31-14-9(13(27)25(14)10(6)15(28)29)20-12(26)8(24-30-2)7-11(18)34-16(19)21-7/h9,14H,3-4H2,1-2H3,(H2,19,21)(H,20,26)(H,28,29)/b24-8-/t9?,14-/m1/s1. The quantitative estimate of drug-likeness (QED) is 0.172. The van der Waals surface area contributed by atoms with Crippen molar-refractivity contribution in [1.29, 1.82) is 0 Å². The Labute approximate surface area is 217 Å². The van der Waals surface area contributed by atoms with Crippen molar-refractivity contribution < 1.29 is 24.3 Å². The number of amides is 2. The lowest BCUT2D eigenvalue weighted by Gasteiger charge is -2.49. The molecule has 17 heteroatoms. The maximum Gasteiger partial charge on any atom is 0.352 e. The highest BCUT2D eigenvalue weighted by atomic mass is 79.9. The zero-order valence-electron chi connectivity index (χ0n) is 17.5. The van der Waals surface area contributed by atoms with Crippen molar-refractivity contribution in [3.8, 4) is 0 Å². The predicted octanol–water partition coefficient (Wildman–Crippen LogP) is 1.53. The largest absolute Gasteiger partial charge is 0.477 e. The number of nitrogens with one attached hydrogen (secondary N) is 1. The monoisotopic (exact) mass is 605 g/mol. The fraction of sp³-hybridized carbons (Fsp3) is 0.353. The highest BCUT2D eigenvalue weighted by Gasteiger charge is 2.54. The van der Waals surface area contributed by atoms with Crippen LogP contribution in [-0.2, 0) is 19.2 Å². The van der Waals surface area contributed by atoms with Gasteiger partial charge in [0.2, 0.25) is 0 Å². The van der Waals surface area contributed by atoms with Crippen LogP contribution in [0.25, 0.3) is 0 Å². The van der Waals surface area contributed by atoms with Gasteiger partial charge in [0.1, 0.15) is 38.7 Å². The van der Waals surface area contributed by atoms with E-state index in [0.29, 0.717) is 20.9 Å². The summed E-state index contributed by atoms with van der Waals surface area (Å²) in [6.07, 6.45) is 0. The lowest BCUT2D eigenvalue weighted by atomic mass is 10.0. The average molecular weight is 607 g/mol. The van der Waals surface area contributed by atoms with E-state index in [9.17, 15) is 19.5 Å². The first kappa shape index (κ1) is 24.9. The number of nitrogens with zero attached hydrogens (tertiary/aromatic N) is 5. The molecule has 2 aromatic rings. The molecule has 2 aliphatic heterocycles. The number of carbonyl (C=O) groups excluding carboxylic acids is 2. The number of aliphatic carboxylic acids is 1. The first-order valence-electron chi connectivity index (χ1n) is 9.38. The van der Waals surface area contributed by atoms with Gasteiger partial charge in [0.05, 0.1) is 0 Å². The normalized spacial score (nSPS) is 20.1. The molecule has 0 spiro atoms. The molecule has 2 aromatic heterocycles. The first-order chi connectivity index (χ1) is 16.2. The number of aryl methyl sites for hydroxylation is 1. The van der Waals surface area contributed by atoms with E-state index in [2.05, 4.69) is 41.6 Å². The SMILES string of the molecule is CO/N=C(\C(=O)NC1C(=O)N2C(C(=O)O)=C(CSc3nnc(C)s3)CS[C@H]12)c1nc(N)sc1Br. The number of nitrogens with two attached hydrogens (primary N) is 1. The van der Waals surface area contributed by atoms with Crippen molar-refractivity contribution in [2.75, 3.05) is 24.3 Å². The molecule has 0 aromatic carbocycles. The van der Waals surface area contributed by atoms with E-state index < -0.39 is 29.2 Å². The number of halogens is 1. The van der Waals surface area contributed by atoms with Crippen LogP contribution < -0.4 is 11.1 Å². The molecule has 1 fully saturated rings. The molecule has 4 N–H and O–H groups in total. The van der Waals surface area contributed by atoms with Crippen molar-refractivity contribution in [3.63, 3.8) is 0 Å². The summed E-state index contributed by atoms with van der Waals surface area (Å²) in [4.78, 5) is 47.9. The van der Waals surface area contributed by atoms with Gasteiger partial charge in [0, 0.05) is 11.5 Å². The molecule has 2 atom stereocenters. The molecule has 2 amide bonds. The van der Waals surface area contributed by atoms with Crippen LogP contribution >= 0.6 is 62.1 Å². The molecule has 12 nitrogen and oxygen atoms in total. The van der Waals surface area contributed by atoms with E-state index in [1.165, 1.54) is 46.9 Å². The second-order valence-corrected chi connectivity index (χ2v) is 12.6. The number of anilines is 1. The highest BCUT2D eigenvalue weighted by Crippen LogP contribution is 2.42. The summed E-state index contributed by atoms with van der Waals surface area (Å²) in [5.41, 5.74) is 6.26. The Balaban J connectivity index is 1.50.